The van der Waals surface area contributed by atoms with Crippen LogP contribution in [0.4, 0.5) is 0 Å². The highest BCUT2D eigenvalue weighted by molar-refractivity contribution is 5.75. The minimum Gasteiger partial charge on any atom is -0.465 e. The Morgan fingerprint density at radius 3 is 3.00 bits per heavy atom. The summed E-state index contributed by atoms with van der Waals surface area (Å²) < 4.78 is 5.27. The quantitative estimate of drug-likeness (QED) is 0.433. The lowest BCUT2D eigenvalue weighted by atomic mass is 9.75. The highest BCUT2D eigenvalue weighted by Crippen LogP contribution is 2.52. The molecule has 1 saturated carbocycles. The van der Waals surface area contributed by atoms with E-state index in [-0.39, 0.29) is 11.9 Å². The summed E-state index contributed by atoms with van der Waals surface area (Å²) in [7, 11) is 0. The summed E-state index contributed by atoms with van der Waals surface area (Å²) in [5.74, 6) is 2.61. The number of hydrogen-bond acceptors (Lipinski definition) is 2. The maximum Gasteiger partial charge on any atom is 0.309 e. The predicted octanol–water partition coefficient (Wildman–Crippen LogP) is 2.01. The van der Waals surface area contributed by atoms with Gasteiger partial charge in [0.15, 0.2) is 0 Å². The van der Waals surface area contributed by atoms with Crippen LogP contribution in [0.15, 0.2) is 12.2 Å². The molecule has 0 aromatic carbocycles. The van der Waals surface area contributed by atoms with Crippen LogP contribution in [-0.4, -0.2) is 12.6 Å². The second-order valence-electron chi connectivity index (χ2n) is 4.98. The van der Waals surface area contributed by atoms with Crippen molar-refractivity contribution >= 4 is 5.97 Å². The lowest BCUT2D eigenvalue weighted by molar-refractivity contribution is -0.149. The SMILES string of the molecule is C[C@H]1CCOC(=O)[C@H]2[C@@H]1[C@H]1C=C[C@@H]2C1. The summed E-state index contributed by atoms with van der Waals surface area (Å²) in [6.07, 6.45) is 6.78. The molecule has 2 bridgehead atoms. The molecule has 0 amide bonds. The normalized spacial score (nSPS) is 50.1. The molecule has 2 heteroatoms. The van der Waals surface area contributed by atoms with E-state index in [0.717, 1.165) is 6.42 Å². The van der Waals surface area contributed by atoms with Crippen LogP contribution in [0.5, 0.6) is 0 Å². The highest BCUT2D eigenvalue weighted by Gasteiger charge is 2.51. The molecule has 0 unspecified atom stereocenters. The first-order valence-electron chi connectivity index (χ1n) is 5.62. The molecule has 2 fully saturated rings. The summed E-state index contributed by atoms with van der Waals surface area (Å²) in [5.41, 5.74) is 0. The van der Waals surface area contributed by atoms with Crippen LogP contribution < -0.4 is 0 Å². The van der Waals surface area contributed by atoms with Crippen LogP contribution in [-0.2, 0) is 9.53 Å². The minimum atomic E-state index is 0.0659. The van der Waals surface area contributed by atoms with E-state index in [0.29, 0.717) is 30.3 Å². The molecule has 2 aliphatic carbocycles. The number of rotatable bonds is 0. The molecule has 3 aliphatic rings. The third-order valence-electron chi connectivity index (χ3n) is 4.27. The van der Waals surface area contributed by atoms with E-state index in [4.69, 9.17) is 4.74 Å². The number of carbonyl (C=O) groups is 1. The number of cyclic esters (lactones) is 1. The van der Waals surface area contributed by atoms with Crippen molar-refractivity contribution in [3.05, 3.63) is 12.2 Å². The van der Waals surface area contributed by atoms with E-state index in [9.17, 15) is 4.79 Å². The molecular weight excluding hydrogens is 176 g/mol. The van der Waals surface area contributed by atoms with Gasteiger partial charge in [0.1, 0.15) is 0 Å². The Balaban J connectivity index is 1.97. The molecule has 5 atom stereocenters. The fourth-order valence-corrected chi connectivity index (χ4v) is 3.60. The van der Waals surface area contributed by atoms with Gasteiger partial charge in [-0.15, -0.1) is 0 Å². The van der Waals surface area contributed by atoms with E-state index in [2.05, 4.69) is 19.1 Å². The van der Waals surface area contributed by atoms with Crippen LogP contribution in [0.25, 0.3) is 0 Å². The van der Waals surface area contributed by atoms with E-state index < -0.39 is 0 Å². The van der Waals surface area contributed by atoms with Crippen molar-refractivity contribution in [2.45, 2.75) is 19.8 Å². The second kappa shape index (κ2) is 2.85. The zero-order valence-corrected chi connectivity index (χ0v) is 8.48. The van der Waals surface area contributed by atoms with Gasteiger partial charge >= 0.3 is 5.97 Å². The number of hydrogen-bond donors (Lipinski definition) is 0. The van der Waals surface area contributed by atoms with E-state index in [1.807, 2.05) is 0 Å². The first-order valence-corrected chi connectivity index (χ1v) is 5.62. The molecule has 3 rings (SSSR count). The lowest BCUT2D eigenvalue weighted by Gasteiger charge is -2.27. The van der Waals surface area contributed by atoms with Crippen molar-refractivity contribution in [1.29, 1.82) is 0 Å². The largest absolute Gasteiger partial charge is 0.465 e. The number of fused-ring (bicyclic) bond motifs is 5. The first-order chi connectivity index (χ1) is 6.77. The zero-order valence-electron chi connectivity index (χ0n) is 8.48. The Morgan fingerprint density at radius 1 is 1.36 bits per heavy atom. The standard InChI is InChI=1S/C12H16O2/c1-7-4-5-14-12(13)11-9-3-2-8(6-9)10(7)11/h2-3,7-11H,4-6H2,1H3/t7-,8-,9+,10-,11+/m0/s1. The monoisotopic (exact) mass is 192 g/mol. The second-order valence-corrected chi connectivity index (χ2v) is 4.98. The molecule has 2 nitrogen and oxygen atoms in total. The average Bonchev–Trinajstić information content (AvgIpc) is 2.72. The van der Waals surface area contributed by atoms with Crippen LogP contribution in [0.1, 0.15) is 19.8 Å². The third-order valence-corrected chi connectivity index (χ3v) is 4.27. The Morgan fingerprint density at radius 2 is 2.14 bits per heavy atom. The minimum absolute atomic E-state index is 0.0659. The molecule has 0 N–H and O–H groups in total. The van der Waals surface area contributed by atoms with Crippen molar-refractivity contribution in [2.24, 2.45) is 29.6 Å². The molecule has 0 radical (unpaired) electrons. The van der Waals surface area contributed by atoms with Gasteiger partial charge < -0.3 is 4.74 Å². The Hall–Kier alpha value is -0.790. The Labute approximate surface area is 84.3 Å². The van der Waals surface area contributed by atoms with Gasteiger partial charge in [-0.1, -0.05) is 19.1 Å². The van der Waals surface area contributed by atoms with Gasteiger partial charge in [0.2, 0.25) is 0 Å². The van der Waals surface area contributed by atoms with Crippen LogP contribution in [0, 0.1) is 29.6 Å². The molecule has 1 aliphatic heterocycles. The van der Waals surface area contributed by atoms with Crippen LogP contribution >= 0.6 is 0 Å². The molecule has 0 aromatic heterocycles. The van der Waals surface area contributed by atoms with Crippen molar-refractivity contribution in [3.8, 4) is 0 Å². The van der Waals surface area contributed by atoms with Gasteiger partial charge in [-0.25, -0.2) is 0 Å². The van der Waals surface area contributed by atoms with Crippen LogP contribution in [0.2, 0.25) is 0 Å². The fourth-order valence-electron chi connectivity index (χ4n) is 3.60. The number of ether oxygens (including phenoxy) is 1. The average molecular weight is 192 g/mol. The molecule has 1 saturated heterocycles. The third kappa shape index (κ3) is 0.999. The maximum atomic E-state index is 11.8. The maximum absolute atomic E-state index is 11.8. The molecule has 0 spiro atoms. The predicted molar refractivity (Wildman–Crippen MR) is 52.5 cm³/mol. The highest BCUT2D eigenvalue weighted by atomic mass is 16.5. The number of carbonyl (C=O) groups excluding carboxylic acids is 1. The van der Waals surface area contributed by atoms with Gasteiger partial charge in [0, 0.05) is 0 Å². The number of allylic oxidation sites excluding steroid dienone is 2. The van der Waals surface area contributed by atoms with Gasteiger partial charge in [-0.2, -0.15) is 0 Å². The van der Waals surface area contributed by atoms with E-state index in [1.165, 1.54) is 6.42 Å². The van der Waals surface area contributed by atoms with E-state index in [1.54, 1.807) is 0 Å². The first kappa shape index (κ1) is 8.51. The van der Waals surface area contributed by atoms with Crippen molar-refractivity contribution in [3.63, 3.8) is 0 Å². The van der Waals surface area contributed by atoms with Gasteiger partial charge in [0.05, 0.1) is 12.5 Å². The Bertz CT molecular complexity index is 295. The van der Waals surface area contributed by atoms with Gasteiger partial charge in [0.25, 0.3) is 0 Å². The van der Waals surface area contributed by atoms with Gasteiger partial charge in [-0.05, 0) is 36.5 Å². The van der Waals surface area contributed by atoms with Gasteiger partial charge in [-0.3, -0.25) is 4.79 Å². The van der Waals surface area contributed by atoms with Crippen molar-refractivity contribution in [1.82, 2.24) is 0 Å². The van der Waals surface area contributed by atoms with E-state index >= 15 is 0 Å². The van der Waals surface area contributed by atoms with Crippen molar-refractivity contribution < 1.29 is 9.53 Å². The summed E-state index contributed by atoms with van der Waals surface area (Å²) in [6.45, 7) is 2.90. The molecule has 1 heterocycles. The lowest BCUT2D eigenvalue weighted by Crippen LogP contribution is -2.30. The Kier molecular flexibility index (Phi) is 1.73. The summed E-state index contributed by atoms with van der Waals surface area (Å²) in [5, 5.41) is 0. The molecule has 14 heavy (non-hydrogen) atoms. The summed E-state index contributed by atoms with van der Waals surface area (Å²) >= 11 is 0. The molecule has 0 aromatic rings. The summed E-state index contributed by atoms with van der Waals surface area (Å²) in [6, 6.07) is 0. The van der Waals surface area contributed by atoms with Crippen molar-refractivity contribution in [2.75, 3.05) is 6.61 Å². The topological polar surface area (TPSA) is 26.3 Å². The smallest absolute Gasteiger partial charge is 0.309 e. The zero-order chi connectivity index (χ0) is 9.71. The fraction of sp³-hybridized carbons (Fsp3) is 0.750. The number of esters is 1. The molecular formula is C12H16O2. The summed E-state index contributed by atoms with van der Waals surface area (Å²) in [4.78, 5) is 11.8. The molecule has 76 valence electrons. The van der Waals surface area contributed by atoms with Crippen LogP contribution in [0.3, 0.4) is 0 Å².